The van der Waals surface area contributed by atoms with Gasteiger partial charge in [-0.25, -0.2) is 4.79 Å². The Hall–Kier alpha value is -2.94. The molecule has 1 fully saturated rings. The first-order valence-electron chi connectivity index (χ1n) is 10.5. The summed E-state index contributed by atoms with van der Waals surface area (Å²) in [5.74, 6) is -0.0471. The molecule has 1 amide bonds. The number of aryl methyl sites for hydroxylation is 1. The van der Waals surface area contributed by atoms with E-state index in [1.54, 1.807) is 4.90 Å². The molecule has 9 heteroatoms. The molecular weight excluding hydrogens is 414 g/mol. The fourth-order valence-corrected chi connectivity index (χ4v) is 4.79. The third-order valence-corrected chi connectivity index (χ3v) is 6.68. The van der Waals surface area contributed by atoms with E-state index in [4.69, 9.17) is 0 Å². The molecule has 1 saturated heterocycles. The van der Waals surface area contributed by atoms with Gasteiger partial charge in [-0.05, 0) is 48.5 Å². The van der Waals surface area contributed by atoms with E-state index in [1.165, 1.54) is 16.8 Å². The molecule has 8 nitrogen and oxygen atoms in total. The Labute approximate surface area is 184 Å². The van der Waals surface area contributed by atoms with E-state index in [0.29, 0.717) is 24.5 Å². The van der Waals surface area contributed by atoms with E-state index in [9.17, 15) is 14.4 Å². The summed E-state index contributed by atoms with van der Waals surface area (Å²) in [5.41, 5.74) is 3.17. The predicted octanol–water partition coefficient (Wildman–Crippen LogP) is 2.38. The Bertz CT molecular complexity index is 1250. The first kappa shape index (κ1) is 21.3. The molecule has 3 aromatic rings. The van der Waals surface area contributed by atoms with E-state index in [-0.39, 0.29) is 22.9 Å². The highest BCUT2D eigenvalue weighted by molar-refractivity contribution is 7.09. The van der Waals surface area contributed by atoms with Gasteiger partial charge in [-0.1, -0.05) is 26.0 Å². The maximum atomic E-state index is 13.2. The van der Waals surface area contributed by atoms with Gasteiger partial charge in [0.15, 0.2) is 5.52 Å². The molecule has 1 aliphatic rings. The van der Waals surface area contributed by atoms with E-state index in [2.05, 4.69) is 46.3 Å². The van der Waals surface area contributed by atoms with Crippen molar-refractivity contribution in [1.82, 2.24) is 18.8 Å². The Kier molecular flexibility index (Phi) is 5.70. The largest absolute Gasteiger partial charge is 0.368 e. The SMILES string of the molecule is Cc1cccc(N2CCN(C(=O)c3snc4c(=O)n(CC(C)C)c(=O)[nH]c34)CC2)c1C. The number of anilines is 1. The third kappa shape index (κ3) is 3.89. The van der Waals surface area contributed by atoms with Gasteiger partial charge in [0.1, 0.15) is 4.88 Å². The molecule has 0 saturated carbocycles. The van der Waals surface area contributed by atoms with Crippen molar-refractivity contribution in [2.24, 2.45) is 5.92 Å². The number of aromatic amines is 1. The monoisotopic (exact) mass is 441 g/mol. The molecule has 0 bridgehead atoms. The molecule has 0 radical (unpaired) electrons. The Morgan fingerprint density at radius 3 is 2.55 bits per heavy atom. The number of nitrogens with zero attached hydrogens (tertiary/aromatic N) is 4. The van der Waals surface area contributed by atoms with Crippen molar-refractivity contribution in [3.63, 3.8) is 0 Å². The van der Waals surface area contributed by atoms with Gasteiger partial charge in [-0.3, -0.25) is 14.2 Å². The smallest absolute Gasteiger partial charge is 0.328 e. The van der Waals surface area contributed by atoms with Crippen molar-refractivity contribution in [3.8, 4) is 0 Å². The van der Waals surface area contributed by atoms with Crippen LogP contribution in [0.25, 0.3) is 11.0 Å². The summed E-state index contributed by atoms with van der Waals surface area (Å²) < 4.78 is 5.36. The van der Waals surface area contributed by atoms with Crippen LogP contribution in [0, 0.1) is 19.8 Å². The molecule has 164 valence electrons. The lowest BCUT2D eigenvalue weighted by molar-refractivity contribution is 0.0753. The zero-order valence-electron chi connectivity index (χ0n) is 18.3. The number of fused-ring (bicyclic) bond motifs is 1. The van der Waals surface area contributed by atoms with Crippen LogP contribution in [0.5, 0.6) is 0 Å². The molecule has 3 heterocycles. The lowest BCUT2D eigenvalue weighted by atomic mass is 10.1. The Morgan fingerprint density at radius 1 is 1.16 bits per heavy atom. The van der Waals surface area contributed by atoms with Gasteiger partial charge in [0, 0.05) is 38.4 Å². The predicted molar refractivity (Wildman–Crippen MR) is 123 cm³/mol. The summed E-state index contributed by atoms with van der Waals surface area (Å²) in [4.78, 5) is 45.4. The standard InChI is InChI=1S/C22H27N5O3S/c1-13(2)12-27-20(28)18-17(23-22(27)30)19(31-24-18)21(29)26-10-8-25(9-11-26)16-7-5-6-14(3)15(16)4/h5-7,13H,8-12H2,1-4H3,(H,23,30). The number of piperazine rings is 1. The Balaban J connectivity index is 1.56. The molecule has 2 aromatic heterocycles. The van der Waals surface area contributed by atoms with Crippen LogP contribution in [0.3, 0.4) is 0 Å². The molecule has 0 aliphatic carbocycles. The first-order valence-corrected chi connectivity index (χ1v) is 11.3. The number of amides is 1. The lowest BCUT2D eigenvalue weighted by Crippen LogP contribution is -2.49. The minimum Gasteiger partial charge on any atom is -0.368 e. The van der Waals surface area contributed by atoms with Crippen molar-refractivity contribution in [2.45, 2.75) is 34.2 Å². The van der Waals surface area contributed by atoms with E-state index in [0.717, 1.165) is 29.2 Å². The molecular formula is C22H27N5O3S. The number of benzene rings is 1. The van der Waals surface area contributed by atoms with Crippen LogP contribution in [0.4, 0.5) is 5.69 Å². The summed E-state index contributed by atoms with van der Waals surface area (Å²) in [6, 6.07) is 6.27. The van der Waals surface area contributed by atoms with Gasteiger partial charge >= 0.3 is 5.69 Å². The number of carbonyl (C=O) groups is 1. The molecule has 4 rings (SSSR count). The summed E-state index contributed by atoms with van der Waals surface area (Å²) in [7, 11) is 0. The molecule has 0 atom stereocenters. The molecule has 31 heavy (non-hydrogen) atoms. The molecule has 0 spiro atoms. The quantitative estimate of drug-likeness (QED) is 0.671. The number of H-pyrrole nitrogens is 1. The fourth-order valence-electron chi connectivity index (χ4n) is 4.00. The van der Waals surface area contributed by atoms with Gasteiger partial charge in [0.25, 0.3) is 11.5 Å². The van der Waals surface area contributed by atoms with Gasteiger partial charge in [0.05, 0.1) is 5.52 Å². The second-order valence-electron chi connectivity index (χ2n) is 8.47. The molecule has 1 aliphatic heterocycles. The third-order valence-electron chi connectivity index (χ3n) is 5.84. The average molecular weight is 442 g/mol. The molecule has 0 unspecified atom stereocenters. The second-order valence-corrected chi connectivity index (χ2v) is 9.25. The molecule has 1 aromatic carbocycles. The highest BCUT2D eigenvalue weighted by atomic mass is 32.1. The van der Waals surface area contributed by atoms with Gasteiger partial charge in [0.2, 0.25) is 0 Å². The first-order chi connectivity index (χ1) is 14.8. The number of carbonyl (C=O) groups excluding carboxylic acids is 1. The highest BCUT2D eigenvalue weighted by Gasteiger charge is 2.27. The van der Waals surface area contributed by atoms with Crippen LogP contribution in [0.2, 0.25) is 0 Å². The van der Waals surface area contributed by atoms with Crippen molar-refractivity contribution < 1.29 is 4.79 Å². The van der Waals surface area contributed by atoms with Crippen molar-refractivity contribution >= 4 is 34.2 Å². The highest BCUT2D eigenvalue weighted by Crippen LogP contribution is 2.25. The van der Waals surface area contributed by atoms with Gasteiger partial charge < -0.3 is 14.8 Å². The van der Waals surface area contributed by atoms with Gasteiger partial charge in [-0.15, -0.1) is 0 Å². The number of hydrogen-bond donors (Lipinski definition) is 1. The zero-order valence-corrected chi connectivity index (χ0v) is 19.1. The van der Waals surface area contributed by atoms with Crippen molar-refractivity contribution in [3.05, 3.63) is 55.0 Å². The Morgan fingerprint density at radius 2 is 1.87 bits per heavy atom. The van der Waals surface area contributed by atoms with E-state index < -0.39 is 11.2 Å². The van der Waals surface area contributed by atoms with Crippen molar-refractivity contribution in [2.75, 3.05) is 31.1 Å². The van der Waals surface area contributed by atoms with Crippen LogP contribution in [0.1, 0.15) is 34.6 Å². The molecule has 1 N–H and O–H groups in total. The van der Waals surface area contributed by atoms with Crippen LogP contribution in [-0.4, -0.2) is 50.9 Å². The van der Waals surface area contributed by atoms with Crippen LogP contribution >= 0.6 is 11.5 Å². The van der Waals surface area contributed by atoms with Crippen LogP contribution in [0.15, 0.2) is 27.8 Å². The topological polar surface area (TPSA) is 91.3 Å². The second kappa shape index (κ2) is 8.30. The number of aromatic nitrogens is 3. The number of hydrogen-bond acceptors (Lipinski definition) is 6. The fraction of sp³-hybridized carbons (Fsp3) is 0.455. The van der Waals surface area contributed by atoms with Crippen LogP contribution < -0.4 is 16.1 Å². The lowest BCUT2D eigenvalue weighted by Gasteiger charge is -2.36. The number of nitrogens with one attached hydrogen (secondary N) is 1. The maximum absolute atomic E-state index is 13.2. The number of rotatable bonds is 4. The minimum atomic E-state index is -0.500. The summed E-state index contributed by atoms with van der Waals surface area (Å²) in [6.07, 6.45) is 0. The van der Waals surface area contributed by atoms with Gasteiger partial charge in [-0.2, -0.15) is 4.37 Å². The van der Waals surface area contributed by atoms with E-state index in [1.807, 2.05) is 13.8 Å². The zero-order chi connectivity index (χ0) is 22.3. The average Bonchev–Trinajstić information content (AvgIpc) is 3.16. The van der Waals surface area contributed by atoms with Crippen molar-refractivity contribution in [1.29, 1.82) is 0 Å². The maximum Gasteiger partial charge on any atom is 0.328 e. The van der Waals surface area contributed by atoms with Crippen LogP contribution in [-0.2, 0) is 6.54 Å². The summed E-state index contributed by atoms with van der Waals surface area (Å²) >= 11 is 0.978. The summed E-state index contributed by atoms with van der Waals surface area (Å²) in [5, 5.41) is 0. The van der Waals surface area contributed by atoms with E-state index >= 15 is 0 Å². The minimum absolute atomic E-state index is 0.143. The summed E-state index contributed by atoms with van der Waals surface area (Å²) in [6.45, 7) is 11.0. The normalized spacial score (nSPS) is 14.6.